The fourth-order valence-electron chi connectivity index (χ4n) is 3.48. The van der Waals surface area contributed by atoms with E-state index in [1.54, 1.807) is 0 Å². The first-order valence-corrected chi connectivity index (χ1v) is 14.3. The number of hydrogen-bond donors (Lipinski definition) is 0. The molecule has 0 N–H and O–H groups in total. The van der Waals surface area contributed by atoms with E-state index < -0.39 is 36.3 Å². The molecular formula is C18H35F3O5SSi. The third kappa shape index (κ3) is 7.93. The van der Waals surface area contributed by atoms with Crippen molar-refractivity contribution < 1.29 is 34.9 Å². The van der Waals surface area contributed by atoms with Crippen LogP contribution in [0.1, 0.15) is 72.1 Å². The summed E-state index contributed by atoms with van der Waals surface area (Å²) >= 11 is 0. The number of alkyl halides is 3. The molecule has 0 unspecified atom stereocenters. The summed E-state index contributed by atoms with van der Waals surface area (Å²) in [5, 5.41) is 0. The van der Waals surface area contributed by atoms with Gasteiger partial charge in [-0.25, -0.2) is 4.18 Å². The zero-order chi connectivity index (χ0) is 21.3. The molecule has 1 fully saturated rings. The summed E-state index contributed by atoms with van der Waals surface area (Å²) in [7, 11) is -7.97. The fraction of sp³-hybridized carbons (Fsp3) is 1.00. The van der Waals surface area contributed by atoms with Gasteiger partial charge in [0, 0.05) is 6.61 Å². The van der Waals surface area contributed by atoms with Crippen molar-refractivity contribution in [3.05, 3.63) is 0 Å². The van der Waals surface area contributed by atoms with E-state index >= 15 is 0 Å². The predicted molar refractivity (Wildman–Crippen MR) is 105 cm³/mol. The van der Waals surface area contributed by atoms with Crippen molar-refractivity contribution in [2.75, 3.05) is 6.61 Å². The van der Waals surface area contributed by atoms with Gasteiger partial charge in [-0.1, -0.05) is 59.3 Å². The molecule has 0 spiro atoms. The maximum Gasteiger partial charge on any atom is 0.523 e. The van der Waals surface area contributed by atoms with Gasteiger partial charge in [0.15, 0.2) is 8.32 Å². The van der Waals surface area contributed by atoms with E-state index in [4.69, 9.17) is 9.16 Å². The lowest BCUT2D eigenvalue weighted by molar-refractivity contribution is -0.171. The normalized spacial score (nSPS) is 21.8. The Hall–Kier alpha value is -0.163. The van der Waals surface area contributed by atoms with Gasteiger partial charge in [0.2, 0.25) is 6.29 Å². The Morgan fingerprint density at radius 3 is 1.93 bits per heavy atom. The Morgan fingerprint density at radius 1 is 1.00 bits per heavy atom. The molecule has 28 heavy (non-hydrogen) atoms. The molecule has 168 valence electrons. The topological polar surface area (TPSA) is 61.8 Å². The van der Waals surface area contributed by atoms with E-state index in [1.807, 2.05) is 0 Å². The number of hydrogen-bond acceptors (Lipinski definition) is 5. The Morgan fingerprint density at radius 2 is 1.50 bits per heavy atom. The number of unbranched alkanes of at least 4 members (excludes halogenated alkanes) is 3. The van der Waals surface area contributed by atoms with Crippen LogP contribution in [-0.2, 0) is 23.5 Å². The molecule has 1 rings (SSSR count). The van der Waals surface area contributed by atoms with Crippen molar-refractivity contribution in [3.63, 3.8) is 0 Å². The van der Waals surface area contributed by atoms with E-state index in [2.05, 4.69) is 25.0 Å². The molecule has 1 saturated heterocycles. The number of ether oxygens (including phenoxy) is 1. The van der Waals surface area contributed by atoms with E-state index in [9.17, 15) is 21.6 Å². The van der Waals surface area contributed by atoms with Crippen molar-refractivity contribution >= 4 is 18.4 Å². The first-order chi connectivity index (χ1) is 13.1. The van der Waals surface area contributed by atoms with Crippen LogP contribution in [0.3, 0.4) is 0 Å². The predicted octanol–water partition coefficient (Wildman–Crippen LogP) is 5.72. The number of halogens is 3. The summed E-state index contributed by atoms with van der Waals surface area (Å²) < 4.78 is 77.4. The first kappa shape index (κ1) is 25.9. The Balaban J connectivity index is 3.02. The second-order valence-electron chi connectivity index (χ2n) is 7.53. The molecule has 1 aliphatic heterocycles. The van der Waals surface area contributed by atoms with Gasteiger partial charge in [-0.3, -0.25) is 0 Å². The van der Waals surface area contributed by atoms with Crippen LogP contribution in [0.15, 0.2) is 0 Å². The second kappa shape index (κ2) is 11.9. The minimum absolute atomic E-state index is 0.158. The quantitative estimate of drug-likeness (QED) is 0.205. The molecule has 0 saturated carbocycles. The lowest BCUT2D eigenvalue weighted by atomic mass is 10.1. The SMILES string of the molecule is CCCC[Si](CCCC)(CCCC)O[C@H]1CCCO[C@@H]1OS(=O)(=O)C(F)(F)F. The smallest absolute Gasteiger partial charge is 0.409 e. The van der Waals surface area contributed by atoms with Gasteiger partial charge in [0.05, 0.1) is 6.10 Å². The van der Waals surface area contributed by atoms with Crippen LogP contribution in [0, 0.1) is 0 Å². The van der Waals surface area contributed by atoms with Crippen LogP contribution in [0.2, 0.25) is 18.1 Å². The van der Waals surface area contributed by atoms with E-state index in [1.165, 1.54) is 0 Å². The van der Waals surface area contributed by atoms with Crippen LogP contribution < -0.4 is 0 Å². The van der Waals surface area contributed by atoms with Gasteiger partial charge in [0.25, 0.3) is 0 Å². The Kier molecular flexibility index (Phi) is 11.0. The molecular weight excluding hydrogens is 413 g/mol. The zero-order valence-electron chi connectivity index (χ0n) is 17.2. The largest absolute Gasteiger partial charge is 0.523 e. The fourth-order valence-corrected chi connectivity index (χ4v) is 8.99. The van der Waals surface area contributed by atoms with Crippen LogP contribution in [0.25, 0.3) is 0 Å². The van der Waals surface area contributed by atoms with Crippen molar-refractivity contribution in [1.29, 1.82) is 0 Å². The third-order valence-electron chi connectivity index (χ3n) is 5.08. The van der Waals surface area contributed by atoms with Crippen molar-refractivity contribution in [3.8, 4) is 0 Å². The Labute approximate surface area is 168 Å². The molecule has 0 radical (unpaired) electrons. The van der Waals surface area contributed by atoms with Gasteiger partial charge in [0.1, 0.15) is 0 Å². The highest BCUT2D eigenvalue weighted by Gasteiger charge is 2.51. The lowest BCUT2D eigenvalue weighted by Crippen LogP contribution is -2.49. The molecule has 10 heteroatoms. The standard InChI is InChI=1S/C18H35F3O5SSi/c1-4-7-13-28(14-8-5-2,15-9-6-3)26-16-11-10-12-24-17(16)25-27(22,23)18(19,20)21/h16-17H,4-15H2,1-3H3/t16-,17+/m0/s1. The first-order valence-electron chi connectivity index (χ1n) is 10.4. The van der Waals surface area contributed by atoms with Gasteiger partial charge >= 0.3 is 15.6 Å². The Bertz CT molecular complexity index is 520. The van der Waals surface area contributed by atoms with Crippen molar-refractivity contribution in [2.45, 2.75) is 108 Å². The van der Waals surface area contributed by atoms with Gasteiger partial charge in [-0.05, 0) is 31.0 Å². The number of rotatable bonds is 13. The van der Waals surface area contributed by atoms with Crippen molar-refractivity contribution in [1.82, 2.24) is 0 Å². The zero-order valence-corrected chi connectivity index (χ0v) is 19.0. The molecule has 0 aromatic heterocycles. The van der Waals surface area contributed by atoms with Gasteiger partial charge in [-0.2, -0.15) is 21.6 Å². The monoisotopic (exact) mass is 448 g/mol. The molecule has 5 nitrogen and oxygen atoms in total. The molecule has 0 amide bonds. The van der Waals surface area contributed by atoms with Crippen molar-refractivity contribution in [2.24, 2.45) is 0 Å². The van der Waals surface area contributed by atoms with Gasteiger partial charge in [-0.15, -0.1) is 0 Å². The maximum absolute atomic E-state index is 12.8. The second-order valence-corrected chi connectivity index (χ2v) is 13.2. The average Bonchev–Trinajstić information content (AvgIpc) is 2.63. The van der Waals surface area contributed by atoms with E-state index in [0.29, 0.717) is 12.8 Å². The maximum atomic E-state index is 12.8. The summed E-state index contributed by atoms with van der Waals surface area (Å²) in [6.07, 6.45) is 4.78. The molecule has 0 aliphatic carbocycles. The molecule has 1 aliphatic rings. The molecule has 0 aromatic rings. The summed E-state index contributed by atoms with van der Waals surface area (Å²) in [5.74, 6) is 0. The van der Waals surface area contributed by atoms with Crippen LogP contribution in [0.5, 0.6) is 0 Å². The van der Waals surface area contributed by atoms with Gasteiger partial charge < -0.3 is 9.16 Å². The minimum Gasteiger partial charge on any atom is -0.409 e. The highest BCUT2D eigenvalue weighted by Crippen LogP contribution is 2.35. The summed E-state index contributed by atoms with van der Waals surface area (Å²) in [4.78, 5) is 0. The molecule has 1 heterocycles. The summed E-state index contributed by atoms with van der Waals surface area (Å²) in [6.45, 7) is 6.46. The van der Waals surface area contributed by atoms with Crippen LogP contribution in [-0.4, -0.2) is 41.2 Å². The molecule has 0 aromatic carbocycles. The third-order valence-corrected chi connectivity index (χ3v) is 10.7. The minimum atomic E-state index is -5.73. The molecule has 0 bridgehead atoms. The van der Waals surface area contributed by atoms with E-state index in [0.717, 1.165) is 56.7 Å². The van der Waals surface area contributed by atoms with E-state index in [-0.39, 0.29) is 6.61 Å². The highest BCUT2D eigenvalue weighted by atomic mass is 32.2. The summed E-state index contributed by atoms with van der Waals surface area (Å²) in [5.41, 5.74) is -5.47. The lowest BCUT2D eigenvalue weighted by Gasteiger charge is -2.40. The van der Waals surface area contributed by atoms with Crippen LogP contribution >= 0.6 is 0 Å². The average molecular weight is 449 g/mol. The van der Waals surface area contributed by atoms with Crippen LogP contribution in [0.4, 0.5) is 13.2 Å². The molecule has 2 atom stereocenters. The summed E-state index contributed by atoms with van der Waals surface area (Å²) in [6, 6.07) is 2.79. The highest BCUT2D eigenvalue weighted by molar-refractivity contribution is 7.87.